The number of ether oxygens (including phenoxy) is 1. The summed E-state index contributed by atoms with van der Waals surface area (Å²) in [5.41, 5.74) is 2.42. The van der Waals surface area contributed by atoms with E-state index in [1.54, 1.807) is 64.1 Å². The molecule has 2 aliphatic rings. The number of aliphatic hydroxyl groups is 2. The van der Waals surface area contributed by atoms with E-state index in [2.05, 4.69) is 15.9 Å². The van der Waals surface area contributed by atoms with Gasteiger partial charge in [0.25, 0.3) is 11.8 Å². The van der Waals surface area contributed by atoms with Crippen LogP contribution in [0, 0.1) is 5.92 Å². The summed E-state index contributed by atoms with van der Waals surface area (Å²) in [6.07, 6.45) is 3.42. The smallest absolute Gasteiger partial charge is 0.266 e. The zero-order valence-corrected chi connectivity index (χ0v) is 30.6. The molecule has 0 aliphatic carbocycles. The Labute approximate surface area is 316 Å². The largest absolute Gasteiger partial charge is 0.454 e. The van der Waals surface area contributed by atoms with Crippen molar-refractivity contribution in [1.82, 2.24) is 4.90 Å². The normalized spacial score (nSPS) is 16.8. The standard InChI is InChI=1S/C43H38BrN3O6/c1-29(11-9-20-40(49)45(23-24-48)27-30-12-3-2-4-13-30)43(52)35-26-32(44)21-22-36(35)46(42(43)51)28-31-14-10-15-33(25-31)47-37-17-6-8-19-39(37)53-38-18-7-5-16-34(38)41(47)50/h2-19,21-22,25-26,29,48,52H,20,23-24,27-28H2,1H3/b11-9+/t29-,43+/m1/s1. The molecule has 2 atom stereocenters. The van der Waals surface area contributed by atoms with Crippen molar-refractivity contribution in [1.29, 1.82) is 0 Å². The molecule has 0 aromatic heterocycles. The van der Waals surface area contributed by atoms with Gasteiger partial charge in [-0.3, -0.25) is 19.3 Å². The Bertz CT molecular complexity index is 2210. The second kappa shape index (κ2) is 15.2. The summed E-state index contributed by atoms with van der Waals surface area (Å²) in [6.45, 7) is 2.28. The topological polar surface area (TPSA) is 111 Å². The van der Waals surface area contributed by atoms with Gasteiger partial charge in [-0.25, -0.2) is 0 Å². The van der Waals surface area contributed by atoms with Gasteiger partial charge in [-0.1, -0.05) is 102 Å². The molecule has 5 aromatic rings. The number of anilines is 3. The minimum Gasteiger partial charge on any atom is -0.454 e. The lowest BCUT2D eigenvalue weighted by atomic mass is 9.83. The number of para-hydroxylation sites is 3. The molecule has 53 heavy (non-hydrogen) atoms. The van der Waals surface area contributed by atoms with E-state index < -0.39 is 17.4 Å². The molecule has 268 valence electrons. The highest BCUT2D eigenvalue weighted by Gasteiger charge is 2.52. The predicted octanol–water partition coefficient (Wildman–Crippen LogP) is 7.87. The quantitative estimate of drug-likeness (QED) is 0.132. The van der Waals surface area contributed by atoms with E-state index in [0.717, 1.165) is 11.1 Å². The van der Waals surface area contributed by atoms with Crippen molar-refractivity contribution >= 4 is 50.7 Å². The molecule has 2 heterocycles. The van der Waals surface area contributed by atoms with E-state index >= 15 is 0 Å². The van der Waals surface area contributed by atoms with Gasteiger partial charge in [-0.2, -0.15) is 0 Å². The number of aliphatic hydroxyl groups excluding tert-OH is 1. The van der Waals surface area contributed by atoms with E-state index in [4.69, 9.17) is 4.74 Å². The number of halogens is 1. The number of hydrogen-bond donors (Lipinski definition) is 2. The van der Waals surface area contributed by atoms with E-state index in [1.165, 1.54) is 0 Å². The van der Waals surface area contributed by atoms with Crippen LogP contribution in [0.15, 0.2) is 138 Å². The van der Waals surface area contributed by atoms with Crippen LogP contribution >= 0.6 is 15.9 Å². The number of benzene rings is 5. The Morgan fingerprint density at radius 1 is 0.868 bits per heavy atom. The van der Waals surface area contributed by atoms with Gasteiger partial charge in [0.15, 0.2) is 11.4 Å². The molecular weight excluding hydrogens is 734 g/mol. The number of carbonyl (C=O) groups is 3. The molecule has 2 N–H and O–H groups in total. The molecule has 0 bridgehead atoms. The summed E-state index contributed by atoms with van der Waals surface area (Å²) in [4.78, 5) is 46.4. The van der Waals surface area contributed by atoms with Crippen LogP contribution in [-0.4, -0.2) is 46.0 Å². The first kappa shape index (κ1) is 35.8. The zero-order valence-electron chi connectivity index (χ0n) is 29.1. The summed E-state index contributed by atoms with van der Waals surface area (Å²) < 4.78 is 6.88. The molecular formula is C43H38BrN3O6. The van der Waals surface area contributed by atoms with Crippen LogP contribution in [0.3, 0.4) is 0 Å². The van der Waals surface area contributed by atoms with E-state index in [-0.39, 0.29) is 37.9 Å². The average Bonchev–Trinajstić information content (AvgIpc) is 3.28. The lowest BCUT2D eigenvalue weighted by Gasteiger charge is -2.28. The van der Waals surface area contributed by atoms with Gasteiger partial charge in [0.05, 0.1) is 30.1 Å². The van der Waals surface area contributed by atoms with Crippen LogP contribution in [-0.2, 0) is 28.3 Å². The maximum absolute atomic E-state index is 14.4. The fourth-order valence-electron chi connectivity index (χ4n) is 6.98. The minimum absolute atomic E-state index is 0.0388. The van der Waals surface area contributed by atoms with Gasteiger partial charge in [0, 0.05) is 41.2 Å². The molecule has 0 spiro atoms. The molecule has 0 fully saturated rings. The molecule has 5 aromatic carbocycles. The van der Waals surface area contributed by atoms with Crippen molar-refractivity contribution < 1.29 is 29.3 Å². The fraction of sp³-hybridized carbons (Fsp3) is 0.186. The zero-order chi connectivity index (χ0) is 37.1. The number of nitrogens with zero attached hydrogens (tertiary/aromatic N) is 3. The highest BCUT2D eigenvalue weighted by Crippen LogP contribution is 2.47. The molecule has 3 amide bonds. The summed E-state index contributed by atoms with van der Waals surface area (Å²) >= 11 is 3.52. The SMILES string of the molecule is C[C@H](/C=C/CC(=O)N(CCO)Cc1ccccc1)[C@@]1(O)C(=O)N(Cc2cccc(N3C(=O)c4ccccc4Oc4ccccc43)c2)c2ccc(Br)cc21. The van der Waals surface area contributed by atoms with Crippen LogP contribution in [0.25, 0.3) is 0 Å². The molecule has 7 rings (SSSR count). The fourth-order valence-corrected chi connectivity index (χ4v) is 7.34. The van der Waals surface area contributed by atoms with Crippen molar-refractivity contribution in [2.75, 3.05) is 23.0 Å². The van der Waals surface area contributed by atoms with Crippen molar-refractivity contribution in [2.24, 2.45) is 5.92 Å². The average molecular weight is 773 g/mol. The summed E-state index contributed by atoms with van der Waals surface area (Å²) in [7, 11) is 0. The Morgan fingerprint density at radius 3 is 2.38 bits per heavy atom. The highest BCUT2D eigenvalue weighted by atomic mass is 79.9. The monoisotopic (exact) mass is 771 g/mol. The van der Waals surface area contributed by atoms with Crippen LogP contribution < -0.4 is 14.5 Å². The second-order valence-corrected chi connectivity index (χ2v) is 14.1. The predicted molar refractivity (Wildman–Crippen MR) is 207 cm³/mol. The lowest BCUT2D eigenvalue weighted by Crippen LogP contribution is -2.44. The summed E-state index contributed by atoms with van der Waals surface area (Å²) in [5.74, 6) is -0.612. The number of amides is 3. The van der Waals surface area contributed by atoms with Crippen molar-refractivity contribution in [3.05, 3.63) is 160 Å². The van der Waals surface area contributed by atoms with E-state index in [9.17, 15) is 24.6 Å². The Morgan fingerprint density at radius 2 is 1.58 bits per heavy atom. The Balaban J connectivity index is 1.14. The first-order chi connectivity index (χ1) is 25.7. The number of hydrogen-bond acceptors (Lipinski definition) is 6. The van der Waals surface area contributed by atoms with Crippen molar-refractivity contribution in [2.45, 2.75) is 32.0 Å². The maximum atomic E-state index is 14.4. The molecule has 0 saturated heterocycles. The van der Waals surface area contributed by atoms with Crippen LogP contribution in [0.4, 0.5) is 17.1 Å². The van der Waals surface area contributed by atoms with E-state index in [0.29, 0.717) is 50.7 Å². The summed E-state index contributed by atoms with van der Waals surface area (Å²) in [6, 6.07) is 36.9. The van der Waals surface area contributed by atoms with Gasteiger partial charge in [-0.15, -0.1) is 0 Å². The van der Waals surface area contributed by atoms with Gasteiger partial charge >= 0.3 is 0 Å². The van der Waals surface area contributed by atoms with Gasteiger partial charge in [0.2, 0.25) is 5.91 Å². The van der Waals surface area contributed by atoms with Gasteiger partial charge < -0.3 is 24.7 Å². The first-order valence-corrected chi connectivity index (χ1v) is 18.2. The molecule has 2 aliphatic heterocycles. The highest BCUT2D eigenvalue weighted by molar-refractivity contribution is 9.10. The van der Waals surface area contributed by atoms with E-state index in [1.807, 2.05) is 91.0 Å². The summed E-state index contributed by atoms with van der Waals surface area (Å²) in [5, 5.41) is 21.9. The first-order valence-electron chi connectivity index (χ1n) is 17.4. The number of carbonyl (C=O) groups excluding carboxylic acids is 3. The second-order valence-electron chi connectivity index (χ2n) is 13.1. The van der Waals surface area contributed by atoms with Crippen molar-refractivity contribution in [3.63, 3.8) is 0 Å². The molecule has 0 radical (unpaired) electrons. The van der Waals surface area contributed by atoms with Crippen LogP contribution in [0.1, 0.15) is 40.4 Å². The van der Waals surface area contributed by atoms with Gasteiger partial charge in [-0.05, 0) is 65.7 Å². The van der Waals surface area contributed by atoms with Crippen molar-refractivity contribution in [3.8, 4) is 11.5 Å². The minimum atomic E-state index is -1.91. The van der Waals surface area contributed by atoms with Crippen LogP contribution in [0.2, 0.25) is 0 Å². The number of rotatable bonds is 11. The maximum Gasteiger partial charge on any atom is 0.266 e. The third-order valence-corrected chi connectivity index (χ3v) is 10.2. The van der Waals surface area contributed by atoms with Gasteiger partial charge in [0.1, 0.15) is 5.75 Å². The Hall–Kier alpha value is -5.55. The number of fused-ring (bicyclic) bond motifs is 3. The molecule has 0 unspecified atom stereocenters. The third-order valence-electron chi connectivity index (χ3n) is 9.70. The Kier molecular flexibility index (Phi) is 10.3. The third kappa shape index (κ3) is 7.01. The lowest BCUT2D eigenvalue weighted by molar-refractivity contribution is -0.139. The van der Waals surface area contributed by atoms with Crippen LogP contribution in [0.5, 0.6) is 11.5 Å². The molecule has 0 saturated carbocycles. The molecule has 9 nitrogen and oxygen atoms in total. The molecule has 10 heteroatoms.